The van der Waals surface area contributed by atoms with Crippen molar-refractivity contribution in [3.8, 4) is 11.1 Å². The zero-order valence-corrected chi connectivity index (χ0v) is 18.8. The van der Waals surface area contributed by atoms with Crippen molar-refractivity contribution in [3.63, 3.8) is 0 Å². The van der Waals surface area contributed by atoms with E-state index in [1.165, 1.54) is 0 Å². The van der Waals surface area contributed by atoms with E-state index in [-0.39, 0.29) is 11.5 Å². The van der Waals surface area contributed by atoms with Gasteiger partial charge in [0.15, 0.2) is 0 Å². The van der Waals surface area contributed by atoms with Gasteiger partial charge in [0.1, 0.15) is 5.58 Å². The van der Waals surface area contributed by atoms with Crippen LogP contribution in [0.4, 0.5) is 11.4 Å². The summed E-state index contributed by atoms with van der Waals surface area (Å²) in [5.41, 5.74) is 4.21. The zero-order valence-electron chi connectivity index (χ0n) is 18.0. The lowest BCUT2D eigenvalue weighted by Crippen LogP contribution is -2.21. The summed E-state index contributed by atoms with van der Waals surface area (Å²) in [4.78, 5) is 26.9. The Bertz CT molecular complexity index is 1100. The van der Waals surface area contributed by atoms with Gasteiger partial charge in [0.2, 0.25) is 5.91 Å². The summed E-state index contributed by atoms with van der Waals surface area (Å²) >= 11 is 1.58. The van der Waals surface area contributed by atoms with Gasteiger partial charge in [-0.2, -0.15) is 11.8 Å². The molecule has 1 amide bonds. The number of nitrogens with one attached hydrogen (secondary N) is 1. The molecule has 6 heteroatoms. The molecule has 0 aliphatic rings. The van der Waals surface area contributed by atoms with Crippen molar-refractivity contribution in [1.82, 2.24) is 0 Å². The van der Waals surface area contributed by atoms with E-state index < -0.39 is 0 Å². The quantitative estimate of drug-likeness (QED) is 0.497. The van der Waals surface area contributed by atoms with E-state index in [2.05, 4.69) is 30.1 Å². The number of fused-ring (bicyclic) bond motifs is 1. The minimum atomic E-state index is -0.366. The number of nitrogens with zero attached hydrogens (tertiary/aromatic N) is 1. The Hall–Kier alpha value is -2.73. The van der Waals surface area contributed by atoms with Gasteiger partial charge in [-0.25, -0.2) is 4.79 Å². The first-order chi connectivity index (χ1) is 14.5. The third kappa shape index (κ3) is 4.87. The number of rotatable bonds is 8. The Morgan fingerprint density at radius 1 is 1.07 bits per heavy atom. The summed E-state index contributed by atoms with van der Waals surface area (Å²) in [5.74, 6) is 1.31. The number of hydrogen-bond acceptors (Lipinski definition) is 5. The molecule has 0 aliphatic heterocycles. The maximum Gasteiger partial charge on any atom is 0.344 e. The molecule has 3 aromatic rings. The molecule has 0 aliphatic carbocycles. The van der Waals surface area contributed by atoms with Crippen LogP contribution in [0.25, 0.3) is 22.1 Å². The van der Waals surface area contributed by atoms with Crippen LogP contribution in [0.1, 0.15) is 26.3 Å². The molecule has 0 atom stereocenters. The minimum Gasteiger partial charge on any atom is -0.422 e. The second kappa shape index (κ2) is 9.85. The zero-order chi connectivity index (χ0) is 21.7. The molecule has 5 nitrogen and oxygen atoms in total. The first kappa shape index (κ1) is 22.0. The van der Waals surface area contributed by atoms with E-state index in [1.807, 2.05) is 50.2 Å². The Morgan fingerprint density at radius 2 is 1.83 bits per heavy atom. The van der Waals surface area contributed by atoms with Gasteiger partial charge in [0.25, 0.3) is 0 Å². The van der Waals surface area contributed by atoms with Crippen molar-refractivity contribution in [2.75, 3.05) is 34.8 Å². The maximum absolute atomic E-state index is 12.7. The molecule has 0 radical (unpaired) electrons. The van der Waals surface area contributed by atoms with Gasteiger partial charge >= 0.3 is 5.63 Å². The van der Waals surface area contributed by atoms with E-state index in [9.17, 15) is 9.59 Å². The van der Waals surface area contributed by atoms with Gasteiger partial charge in [-0.15, -0.1) is 0 Å². The van der Waals surface area contributed by atoms with Gasteiger partial charge in [-0.05, 0) is 68.0 Å². The maximum atomic E-state index is 12.7. The lowest BCUT2D eigenvalue weighted by molar-refractivity contribution is -0.113. The van der Waals surface area contributed by atoms with Crippen LogP contribution in [0, 0.1) is 6.92 Å². The molecular formula is C24H28N2O3S. The Morgan fingerprint density at radius 3 is 2.50 bits per heavy atom. The van der Waals surface area contributed by atoms with Crippen molar-refractivity contribution in [3.05, 3.63) is 58.4 Å². The third-order valence-electron chi connectivity index (χ3n) is 5.10. The van der Waals surface area contributed by atoms with E-state index >= 15 is 0 Å². The number of carbonyl (C=O) groups excluding carboxylic acids is 1. The first-order valence-electron chi connectivity index (χ1n) is 10.3. The monoisotopic (exact) mass is 424 g/mol. The van der Waals surface area contributed by atoms with Gasteiger partial charge in [-0.3, -0.25) is 4.79 Å². The second-order valence-electron chi connectivity index (χ2n) is 7.06. The summed E-state index contributed by atoms with van der Waals surface area (Å²) in [6, 6.07) is 13.4. The fraction of sp³-hybridized carbons (Fsp3) is 0.333. The molecule has 0 saturated carbocycles. The predicted octanol–water partition coefficient (Wildman–Crippen LogP) is 5.31. The molecule has 0 spiro atoms. The minimum absolute atomic E-state index is 0.0214. The van der Waals surface area contributed by atoms with Crippen LogP contribution >= 0.6 is 11.8 Å². The van der Waals surface area contributed by atoms with E-state index in [1.54, 1.807) is 11.8 Å². The number of amides is 1. The molecule has 0 saturated heterocycles. The summed E-state index contributed by atoms with van der Waals surface area (Å²) in [5, 5.41) is 3.81. The smallest absolute Gasteiger partial charge is 0.344 e. The molecule has 1 heterocycles. The highest BCUT2D eigenvalue weighted by atomic mass is 32.2. The number of aryl methyl sites for hydroxylation is 1. The van der Waals surface area contributed by atoms with Crippen molar-refractivity contribution >= 4 is 40.0 Å². The van der Waals surface area contributed by atoms with Crippen molar-refractivity contribution in [1.29, 1.82) is 0 Å². The molecule has 2 aromatic carbocycles. The SMILES string of the molecule is CCSCC(=O)Nc1ccc(-c2cc3ccc(N(CC)CC)cc3oc2=O)cc1C. The fourth-order valence-corrected chi connectivity index (χ4v) is 3.90. The largest absolute Gasteiger partial charge is 0.422 e. The predicted molar refractivity (Wildman–Crippen MR) is 128 cm³/mol. The molecule has 30 heavy (non-hydrogen) atoms. The van der Waals surface area contributed by atoms with Crippen LogP contribution in [0.5, 0.6) is 0 Å². The van der Waals surface area contributed by atoms with Crippen molar-refractivity contribution < 1.29 is 9.21 Å². The number of anilines is 2. The molecular weight excluding hydrogens is 396 g/mol. The highest BCUT2D eigenvalue weighted by molar-refractivity contribution is 7.99. The molecule has 0 fully saturated rings. The summed E-state index contributed by atoms with van der Waals surface area (Å²) in [7, 11) is 0. The number of carbonyl (C=O) groups is 1. The lowest BCUT2D eigenvalue weighted by atomic mass is 10.0. The van der Waals surface area contributed by atoms with Gasteiger partial charge in [-0.1, -0.05) is 13.0 Å². The van der Waals surface area contributed by atoms with Gasteiger partial charge in [0, 0.05) is 35.9 Å². The second-order valence-corrected chi connectivity index (χ2v) is 8.33. The van der Waals surface area contributed by atoms with E-state index in [0.717, 1.165) is 46.7 Å². The van der Waals surface area contributed by atoms with Crippen LogP contribution in [-0.2, 0) is 4.79 Å². The lowest BCUT2D eigenvalue weighted by Gasteiger charge is -2.21. The summed E-state index contributed by atoms with van der Waals surface area (Å²) < 4.78 is 5.65. The van der Waals surface area contributed by atoms with Crippen LogP contribution in [0.3, 0.4) is 0 Å². The number of benzene rings is 2. The van der Waals surface area contributed by atoms with E-state index in [0.29, 0.717) is 16.9 Å². The summed E-state index contributed by atoms with van der Waals surface area (Å²) in [6.45, 7) is 9.93. The van der Waals surface area contributed by atoms with E-state index in [4.69, 9.17) is 4.42 Å². The normalized spacial score (nSPS) is 10.9. The highest BCUT2D eigenvalue weighted by Crippen LogP contribution is 2.27. The third-order valence-corrected chi connectivity index (χ3v) is 5.97. The van der Waals surface area contributed by atoms with Crippen LogP contribution in [0.15, 0.2) is 51.7 Å². The number of hydrogen-bond donors (Lipinski definition) is 1. The Kier molecular flexibility index (Phi) is 7.21. The molecule has 158 valence electrons. The molecule has 0 unspecified atom stereocenters. The van der Waals surface area contributed by atoms with Crippen LogP contribution in [-0.4, -0.2) is 30.5 Å². The van der Waals surface area contributed by atoms with Gasteiger partial charge in [0.05, 0.1) is 11.3 Å². The highest BCUT2D eigenvalue weighted by Gasteiger charge is 2.12. The molecule has 1 N–H and O–H groups in total. The van der Waals surface area contributed by atoms with Gasteiger partial charge < -0.3 is 14.6 Å². The first-order valence-corrected chi connectivity index (χ1v) is 11.4. The summed E-state index contributed by atoms with van der Waals surface area (Å²) in [6.07, 6.45) is 0. The average molecular weight is 425 g/mol. The van der Waals surface area contributed by atoms with Crippen LogP contribution in [0.2, 0.25) is 0 Å². The molecule has 1 aromatic heterocycles. The average Bonchev–Trinajstić information content (AvgIpc) is 2.74. The molecule has 3 rings (SSSR count). The fourth-order valence-electron chi connectivity index (χ4n) is 3.44. The van der Waals surface area contributed by atoms with Crippen molar-refractivity contribution in [2.45, 2.75) is 27.7 Å². The van der Waals surface area contributed by atoms with Crippen molar-refractivity contribution in [2.24, 2.45) is 0 Å². The topological polar surface area (TPSA) is 62.6 Å². The standard InChI is InChI=1S/C24H28N2O3S/c1-5-26(6-2)19-10-8-18-13-20(24(28)29-22(18)14-19)17-9-11-21(16(4)12-17)25-23(27)15-30-7-3/h8-14H,5-7,15H2,1-4H3,(H,25,27). The van der Waals surface area contributed by atoms with Crippen LogP contribution < -0.4 is 15.8 Å². The number of thioether (sulfide) groups is 1. The Balaban J connectivity index is 1.91. The molecule has 0 bridgehead atoms. The Labute approximate surface area is 181 Å².